The van der Waals surface area contributed by atoms with Crippen molar-refractivity contribution in [3.8, 4) is 5.69 Å². The molecule has 29 heavy (non-hydrogen) atoms. The Bertz CT molecular complexity index is 1150. The second kappa shape index (κ2) is 7.47. The van der Waals surface area contributed by atoms with E-state index in [2.05, 4.69) is 22.2 Å². The van der Waals surface area contributed by atoms with Crippen LogP contribution in [0.3, 0.4) is 0 Å². The highest BCUT2D eigenvalue weighted by Crippen LogP contribution is 2.28. The minimum atomic E-state index is 0.0746. The number of benzene rings is 1. The molecule has 1 aliphatic heterocycles. The molecule has 1 saturated heterocycles. The fourth-order valence-electron chi connectivity index (χ4n) is 3.96. The van der Waals surface area contributed by atoms with Gasteiger partial charge in [-0.2, -0.15) is 5.10 Å². The van der Waals surface area contributed by atoms with E-state index in [0.717, 1.165) is 48.3 Å². The van der Waals surface area contributed by atoms with Gasteiger partial charge >= 0.3 is 0 Å². The SMILES string of the molecule is O=C(c1cccc(-n2cccn2)c1)N1CCC(c2ccc3cccnc3n2)CC1. The van der Waals surface area contributed by atoms with Crippen LogP contribution in [0.5, 0.6) is 0 Å². The van der Waals surface area contributed by atoms with E-state index in [4.69, 9.17) is 4.98 Å². The van der Waals surface area contributed by atoms with Gasteiger partial charge in [0.25, 0.3) is 5.91 Å². The minimum Gasteiger partial charge on any atom is -0.339 e. The summed E-state index contributed by atoms with van der Waals surface area (Å²) < 4.78 is 1.77. The van der Waals surface area contributed by atoms with Crippen molar-refractivity contribution in [2.24, 2.45) is 0 Å². The summed E-state index contributed by atoms with van der Waals surface area (Å²) in [7, 11) is 0. The Morgan fingerprint density at radius 3 is 2.69 bits per heavy atom. The highest BCUT2D eigenvalue weighted by atomic mass is 16.2. The third-order valence-electron chi connectivity index (χ3n) is 5.55. The Morgan fingerprint density at radius 2 is 1.86 bits per heavy atom. The lowest BCUT2D eigenvalue weighted by molar-refractivity contribution is 0.0712. The van der Waals surface area contributed by atoms with Gasteiger partial charge in [-0.3, -0.25) is 4.79 Å². The van der Waals surface area contributed by atoms with Gasteiger partial charge in [-0.1, -0.05) is 6.07 Å². The van der Waals surface area contributed by atoms with E-state index >= 15 is 0 Å². The summed E-state index contributed by atoms with van der Waals surface area (Å²) in [6, 6.07) is 17.6. The van der Waals surface area contributed by atoms with Crippen LogP contribution in [-0.2, 0) is 0 Å². The Balaban J connectivity index is 1.29. The van der Waals surface area contributed by atoms with Crippen molar-refractivity contribution in [2.45, 2.75) is 18.8 Å². The molecule has 6 heteroatoms. The quantitative estimate of drug-likeness (QED) is 0.539. The van der Waals surface area contributed by atoms with Crippen molar-refractivity contribution in [1.29, 1.82) is 0 Å². The van der Waals surface area contributed by atoms with Crippen LogP contribution >= 0.6 is 0 Å². The molecule has 6 nitrogen and oxygen atoms in total. The molecular weight excluding hydrogens is 362 g/mol. The first-order valence-corrected chi connectivity index (χ1v) is 9.89. The summed E-state index contributed by atoms with van der Waals surface area (Å²) in [6.45, 7) is 1.47. The number of nitrogens with zero attached hydrogens (tertiary/aromatic N) is 5. The molecule has 1 fully saturated rings. The number of likely N-dealkylation sites (tertiary alicyclic amines) is 1. The topological polar surface area (TPSA) is 63.9 Å². The molecule has 0 N–H and O–H groups in total. The first-order chi connectivity index (χ1) is 14.3. The second-order valence-electron chi connectivity index (χ2n) is 7.35. The van der Waals surface area contributed by atoms with Gasteiger partial charge in [0, 0.05) is 54.2 Å². The highest BCUT2D eigenvalue weighted by molar-refractivity contribution is 5.94. The molecule has 5 rings (SSSR count). The molecule has 0 atom stereocenters. The molecule has 0 aliphatic carbocycles. The summed E-state index contributed by atoms with van der Waals surface area (Å²) in [5.41, 5.74) is 3.45. The maximum Gasteiger partial charge on any atom is 0.253 e. The molecule has 0 spiro atoms. The fourth-order valence-corrected chi connectivity index (χ4v) is 3.96. The van der Waals surface area contributed by atoms with Gasteiger partial charge < -0.3 is 4.90 Å². The van der Waals surface area contributed by atoms with E-state index in [1.165, 1.54) is 0 Å². The molecule has 144 valence electrons. The summed E-state index contributed by atoms with van der Waals surface area (Å²) in [6.07, 6.45) is 7.21. The lowest BCUT2D eigenvalue weighted by Crippen LogP contribution is -2.38. The molecule has 1 aromatic carbocycles. The van der Waals surface area contributed by atoms with Crippen molar-refractivity contribution in [3.63, 3.8) is 0 Å². The van der Waals surface area contributed by atoms with Crippen molar-refractivity contribution >= 4 is 16.9 Å². The van der Waals surface area contributed by atoms with Gasteiger partial charge in [0.2, 0.25) is 0 Å². The molecule has 3 aromatic heterocycles. The summed E-state index contributed by atoms with van der Waals surface area (Å²) in [5, 5.41) is 5.30. The zero-order chi connectivity index (χ0) is 19.6. The average Bonchev–Trinajstić information content (AvgIpc) is 3.34. The molecule has 0 saturated carbocycles. The molecule has 0 bridgehead atoms. The number of rotatable bonds is 3. The summed E-state index contributed by atoms with van der Waals surface area (Å²) >= 11 is 0. The Labute approximate surface area is 168 Å². The van der Waals surface area contributed by atoms with Gasteiger partial charge in [0.05, 0.1) is 5.69 Å². The predicted molar refractivity (Wildman–Crippen MR) is 111 cm³/mol. The van der Waals surface area contributed by atoms with Crippen LogP contribution in [-0.4, -0.2) is 43.6 Å². The van der Waals surface area contributed by atoms with Crippen molar-refractivity contribution in [2.75, 3.05) is 13.1 Å². The largest absolute Gasteiger partial charge is 0.339 e. The zero-order valence-corrected chi connectivity index (χ0v) is 16.0. The number of aromatic nitrogens is 4. The number of carbonyl (C=O) groups excluding carboxylic acids is 1. The van der Waals surface area contributed by atoms with E-state index in [-0.39, 0.29) is 5.91 Å². The van der Waals surface area contributed by atoms with Crippen LogP contribution in [0.1, 0.15) is 34.8 Å². The second-order valence-corrected chi connectivity index (χ2v) is 7.35. The summed E-state index contributed by atoms with van der Waals surface area (Å²) in [5.74, 6) is 0.437. The van der Waals surface area contributed by atoms with Crippen LogP contribution < -0.4 is 0 Å². The minimum absolute atomic E-state index is 0.0746. The first kappa shape index (κ1) is 17.6. The third kappa shape index (κ3) is 3.49. The third-order valence-corrected chi connectivity index (χ3v) is 5.55. The van der Waals surface area contributed by atoms with Gasteiger partial charge in [-0.05, 0) is 61.4 Å². The number of hydrogen-bond acceptors (Lipinski definition) is 4. The molecule has 1 aliphatic rings. The standard InChI is InChI=1S/C23H21N5O/c29-23(19-4-1-6-20(16-19)28-13-3-12-25-28)27-14-9-17(10-15-27)21-8-7-18-5-2-11-24-22(18)26-21/h1-8,11-13,16-17H,9-10,14-15H2. The fraction of sp³-hybridized carbons (Fsp3) is 0.217. The van der Waals surface area contributed by atoms with Crippen molar-refractivity contribution < 1.29 is 4.79 Å². The Morgan fingerprint density at radius 1 is 0.966 bits per heavy atom. The molecule has 4 aromatic rings. The van der Waals surface area contributed by atoms with Gasteiger partial charge in [-0.15, -0.1) is 0 Å². The molecule has 4 heterocycles. The normalized spacial score (nSPS) is 15.0. The van der Waals surface area contributed by atoms with E-state index in [0.29, 0.717) is 11.5 Å². The van der Waals surface area contributed by atoms with Gasteiger partial charge in [0.15, 0.2) is 5.65 Å². The number of piperidine rings is 1. The lowest BCUT2D eigenvalue weighted by atomic mass is 9.92. The molecule has 1 amide bonds. The highest BCUT2D eigenvalue weighted by Gasteiger charge is 2.25. The smallest absolute Gasteiger partial charge is 0.253 e. The van der Waals surface area contributed by atoms with Crippen LogP contribution in [0.25, 0.3) is 16.7 Å². The number of amides is 1. The predicted octanol–water partition coefficient (Wildman–Crippen LogP) is 3.84. The maximum atomic E-state index is 13.0. The summed E-state index contributed by atoms with van der Waals surface area (Å²) in [4.78, 5) is 24.1. The molecule has 0 unspecified atom stereocenters. The lowest BCUT2D eigenvalue weighted by Gasteiger charge is -2.32. The van der Waals surface area contributed by atoms with Gasteiger partial charge in [-0.25, -0.2) is 14.6 Å². The van der Waals surface area contributed by atoms with Crippen molar-refractivity contribution in [1.82, 2.24) is 24.6 Å². The van der Waals surface area contributed by atoms with E-state index in [1.807, 2.05) is 53.6 Å². The van der Waals surface area contributed by atoms with Crippen LogP contribution in [0.15, 0.2) is 73.2 Å². The molecule has 0 radical (unpaired) electrons. The zero-order valence-electron chi connectivity index (χ0n) is 16.0. The van der Waals surface area contributed by atoms with E-state index < -0.39 is 0 Å². The number of fused-ring (bicyclic) bond motifs is 1. The first-order valence-electron chi connectivity index (χ1n) is 9.89. The number of pyridine rings is 2. The molecular formula is C23H21N5O. The average molecular weight is 383 g/mol. The van der Waals surface area contributed by atoms with Gasteiger partial charge in [0.1, 0.15) is 0 Å². The van der Waals surface area contributed by atoms with Crippen molar-refractivity contribution in [3.05, 3.63) is 84.4 Å². The Hall–Kier alpha value is -3.54. The van der Waals surface area contributed by atoms with E-state index in [1.54, 1.807) is 17.1 Å². The van der Waals surface area contributed by atoms with E-state index in [9.17, 15) is 4.79 Å². The number of carbonyl (C=O) groups is 1. The van der Waals surface area contributed by atoms with Crippen LogP contribution in [0.4, 0.5) is 0 Å². The van der Waals surface area contributed by atoms with Crippen LogP contribution in [0.2, 0.25) is 0 Å². The Kier molecular flexibility index (Phi) is 4.52. The monoisotopic (exact) mass is 383 g/mol. The number of hydrogen-bond donors (Lipinski definition) is 0. The van der Waals surface area contributed by atoms with Crippen LogP contribution in [0, 0.1) is 0 Å². The maximum absolute atomic E-state index is 13.0.